The topological polar surface area (TPSA) is 24.1 Å². The fourth-order valence-corrected chi connectivity index (χ4v) is 2.67. The van der Waals surface area contributed by atoms with Crippen molar-refractivity contribution < 1.29 is 0 Å². The SMILES string of the molecule is CCc1ccc(C(C)NC(=S)Nc2cc(Cl)ccc2C)cc1. The molecule has 0 radical (unpaired) electrons. The van der Waals surface area contributed by atoms with Crippen LogP contribution < -0.4 is 10.6 Å². The van der Waals surface area contributed by atoms with Gasteiger partial charge in [0.15, 0.2) is 5.11 Å². The normalized spacial score (nSPS) is 11.8. The molecule has 1 atom stereocenters. The van der Waals surface area contributed by atoms with Crippen LogP contribution in [0.1, 0.15) is 36.6 Å². The Morgan fingerprint density at radius 1 is 1.18 bits per heavy atom. The van der Waals surface area contributed by atoms with Crippen LogP contribution >= 0.6 is 23.8 Å². The van der Waals surface area contributed by atoms with E-state index in [0.29, 0.717) is 10.1 Å². The maximum atomic E-state index is 6.03. The molecule has 0 fully saturated rings. The predicted octanol–water partition coefficient (Wildman–Crippen LogP) is 5.26. The van der Waals surface area contributed by atoms with Gasteiger partial charge in [-0.1, -0.05) is 48.9 Å². The third kappa shape index (κ3) is 4.46. The molecule has 4 heteroatoms. The number of hydrogen-bond donors (Lipinski definition) is 2. The molecular formula is C18H21ClN2S. The Hall–Kier alpha value is -1.58. The molecule has 0 amide bonds. The van der Waals surface area contributed by atoms with E-state index in [4.69, 9.17) is 23.8 Å². The number of anilines is 1. The van der Waals surface area contributed by atoms with Crippen molar-refractivity contribution in [2.45, 2.75) is 33.2 Å². The summed E-state index contributed by atoms with van der Waals surface area (Å²) >= 11 is 11.4. The molecule has 2 N–H and O–H groups in total. The minimum absolute atomic E-state index is 0.144. The summed E-state index contributed by atoms with van der Waals surface area (Å²) in [6.45, 7) is 6.27. The molecule has 0 aliphatic carbocycles. The Kier molecular flexibility index (Phi) is 5.81. The van der Waals surface area contributed by atoms with Crippen LogP contribution in [0.3, 0.4) is 0 Å². The third-order valence-electron chi connectivity index (χ3n) is 3.68. The molecule has 2 aromatic rings. The first-order valence-corrected chi connectivity index (χ1v) is 8.20. The van der Waals surface area contributed by atoms with Gasteiger partial charge in [-0.25, -0.2) is 0 Å². The van der Waals surface area contributed by atoms with Gasteiger partial charge in [0.25, 0.3) is 0 Å². The van der Waals surface area contributed by atoms with E-state index in [2.05, 4.69) is 48.7 Å². The molecule has 2 nitrogen and oxygen atoms in total. The number of thiocarbonyl (C=S) groups is 1. The van der Waals surface area contributed by atoms with E-state index in [1.165, 1.54) is 11.1 Å². The van der Waals surface area contributed by atoms with Crippen LogP contribution in [0.15, 0.2) is 42.5 Å². The Balaban J connectivity index is 2.00. The lowest BCUT2D eigenvalue weighted by atomic mass is 10.1. The number of halogens is 1. The monoisotopic (exact) mass is 332 g/mol. The van der Waals surface area contributed by atoms with E-state index >= 15 is 0 Å². The van der Waals surface area contributed by atoms with Crippen LogP contribution in [0, 0.1) is 6.92 Å². The lowest BCUT2D eigenvalue weighted by molar-refractivity contribution is 0.722. The van der Waals surface area contributed by atoms with Crippen LogP contribution in [0.25, 0.3) is 0 Å². The summed E-state index contributed by atoms with van der Waals surface area (Å²) in [6, 6.07) is 14.5. The Bertz CT molecular complexity index is 653. The average Bonchev–Trinajstić information content (AvgIpc) is 2.51. The molecule has 2 rings (SSSR count). The van der Waals surface area contributed by atoms with Crippen LogP contribution in [0.2, 0.25) is 5.02 Å². The van der Waals surface area contributed by atoms with Gasteiger partial charge in [-0.15, -0.1) is 0 Å². The Morgan fingerprint density at radius 2 is 1.86 bits per heavy atom. The van der Waals surface area contributed by atoms with E-state index < -0.39 is 0 Å². The molecule has 0 saturated carbocycles. The number of nitrogens with one attached hydrogen (secondary N) is 2. The molecule has 0 aromatic heterocycles. The van der Waals surface area contributed by atoms with Crippen LogP contribution in [0.4, 0.5) is 5.69 Å². The van der Waals surface area contributed by atoms with Crippen molar-refractivity contribution in [3.8, 4) is 0 Å². The molecule has 1 unspecified atom stereocenters. The fraction of sp³-hybridized carbons (Fsp3) is 0.278. The van der Waals surface area contributed by atoms with Gasteiger partial charge in [0, 0.05) is 10.7 Å². The molecule has 0 aliphatic heterocycles. The van der Waals surface area contributed by atoms with E-state index in [9.17, 15) is 0 Å². The maximum absolute atomic E-state index is 6.03. The number of benzene rings is 2. The maximum Gasteiger partial charge on any atom is 0.171 e. The zero-order valence-corrected chi connectivity index (χ0v) is 14.7. The van der Waals surface area contributed by atoms with Crippen molar-refractivity contribution >= 4 is 34.6 Å². The molecule has 0 heterocycles. The summed E-state index contributed by atoms with van der Waals surface area (Å²) in [6.07, 6.45) is 1.05. The molecule has 116 valence electrons. The van der Waals surface area contributed by atoms with Gasteiger partial charge in [0.1, 0.15) is 0 Å². The summed E-state index contributed by atoms with van der Waals surface area (Å²) < 4.78 is 0. The van der Waals surface area contributed by atoms with Crippen LogP contribution in [0.5, 0.6) is 0 Å². The first-order chi connectivity index (χ1) is 10.5. The van der Waals surface area contributed by atoms with E-state index in [1.807, 2.05) is 25.1 Å². The predicted molar refractivity (Wildman–Crippen MR) is 99.8 cm³/mol. The second-order valence-corrected chi connectivity index (χ2v) is 6.22. The van der Waals surface area contributed by atoms with Crippen molar-refractivity contribution in [1.29, 1.82) is 0 Å². The molecule has 2 aromatic carbocycles. The van der Waals surface area contributed by atoms with Crippen molar-refractivity contribution in [1.82, 2.24) is 5.32 Å². The minimum atomic E-state index is 0.144. The first kappa shape index (κ1) is 16.8. The highest BCUT2D eigenvalue weighted by Crippen LogP contribution is 2.20. The van der Waals surface area contributed by atoms with E-state index in [-0.39, 0.29) is 6.04 Å². The molecular weight excluding hydrogens is 312 g/mol. The van der Waals surface area contributed by atoms with Crippen molar-refractivity contribution in [3.05, 3.63) is 64.2 Å². The summed E-state index contributed by atoms with van der Waals surface area (Å²) in [5.41, 5.74) is 4.59. The summed E-state index contributed by atoms with van der Waals surface area (Å²) in [4.78, 5) is 0. The highest BCUT2D eigenvalue weighted by molar-refractivity contribution is 7.80. The zero-order chi connectivity index (χ0) is 16.1. The van der Waals surface area contributed by atoms with Crippen LogP contribution in [-0.4, -0.2) is 5.11 Å². The summed E-state index contributed by atoms with van der Waals surface area (Å²) in [5.74, 6) is 0. The van der Waals surface area contributed by atoms with Crippen molar-refractivity contribution in [3.63, 3.8) is 0 Å². The van der Waals surface area contributed by atoms with Crippen molar-refractivity contribution in [2.24, 2.45) is 0 Å². The Labute approximate surface area is 142 Å². The number of hydrogen-bond acceptors (Lipinski definition) is 1. The second-order valence-electron chi connectivity index (χ2n) is 5.37. The number of rotatable bonds is 4. The first-order valence-electron chi connectivity index (χ1n) is 7.42. The summed E-state index contributed by atoms with van der Waals surface area (Å²) in [5, 5.41) is 7.80. The highest BCUT2D eigenvalue weighted by atomic mass is 35.5. The molecule has 22 heavy (non-hydrogen) atoms. The van der Waals surface area contributed by atoms with Crippen molar-refractivity contribution in [2.75, 3.05) is 5.32 Å². The Morgan fingerprint density at radius 3 is 2.50 bits per heavy atom. The van der Waals surface area contributed by atoms with Gasteiger partial charge in [0.05, 0.1) is 6.04 Å². The van der Waals surface area contributed by atoms with Gasteiger partial charge >= 0.3 is 0 Å². The highest BCUT2D eigenvalue weighted by Gasteiger charge is 2.08. The summed E-state index contributed by atoms with van der Waals surface area (Å²) in [7, 11) is 0. The van der Waals surface area contributed by atoms with Gasteiger partial charge < -0.3 is 10.6 Å². The third-order valence-corrected chi connectivity index (χ3v) is 4.14. The second kappa shape index (κ2) is 7.61. The largest absolute Gasteiger partial charge is 0.356 e. The van der Waals surface area contributed by atoms with Gasteiger partial charge in [-0.3, -0.25) is 0 Å². The average molecular weight is 333 g/mol. The lowest BCUT2D eigenvalue weighted by Gasteiger charge is -2.18. The fourth-order valence-electron chi connectivity index (χ4n) is 2.21. The van der Waals surface area contributed by atoms with Crippen LogP contribution in [-0.2, 0) is 6.42 Å². The molecule has 0 bridgehead atoms. The smallest absolute Gasteiger partial charge is 0.171 e. The van der Waals surface area contributed by atoms with E-state index in [1.54, 1.807) is 0 Å². The number of aryl methyl sites for hydroxylation is 2. The minimum Gasteiger partial charge on any atom is -0.356 e. The van der Waals surface area contributed by atoms with Gasteiger partial charge in [-0.2, -0.15) is 0 Å². The zero-order valence-electron chi connectivity index (χ0n) is 13.1. The van der Waals surface area contributed by atoms with E-state index in [0.717, 1.165) is 17.7 Å². The molecule has 0 saturated heterocycles. The quantitative estimate of drug-likeness (QED) is 0.747. The molecule has 0 spiro atoms. The van der Waals surface area contributed by atoms with Gasteiger partial charge in [-0.05, 0) is 61.3 Å². The van der Waals surface area contributed by atoms with Gasteiger partial charge in [0.2, 0.25) is 0 Å². The standard InChI is InChI=1S/C18H21ClN2S/c1-4-14-6-8-15(9-7-14)13(3)20-18(22)21-17-11-16(19)10-5-12(17)2/h5-11,13H,4H2,1-3H3,(H2,20,21,22). The lowest BCUT2D eigenvalue weighted by Crippen LogP contribution is -2.31. The molecule has 0 aliphatic rings.